The summed E-state index contributed by atoms with van der Waals surface area (Å²) in [4.78, 5) is 30.7. The molecule has 0 aliphatic heterocycles. The summed E-state index contributed by atoms with van der Waals surface area (Å²) < 4.78 is 39.3. The number of carbonyl (C=O) groups is 1. The van der Waals surface area contributed by atoms with Crippen molar-refractivity contribution in [2.45, 2.75) is 60.1 Å². The minimum absolute atomic E-state index is 0.142. The number of benzene rings is 2. The Kier molecular flexibility index (Phi) is 7.10. The van der Waals surface area contributed by atoms with Crippen LogP contribution in [0.5, 0.6) is 0 Å². The van der Waals surface area contributed by atoms with Gasteiger partial charge in [0.2, 0.25) is 0 Å². The van der Waals surface area contributed by atoms with Gasteiger partial charge in [0.15, 0.2) is 22.8 Å². The number of anilines is 1. The monoisotopic (exact) mass is 520 g/mol. The van der Waals surface area contributed by atoms with Gasteiger partial charge in [0, 0.05) is 22.4 Å². The molecule has 2 aromatic carbocycles. The number of esters is 1. The fourth-order valence-corrected chi connectivity index (χ4v) is 4.27. The number of hydrogen-bond acceptors (Lipinski definition) is 6. The lowest BCUT2D eigenvalue weighted by molar-refractivity contribution is 0.00637. The largest absolute Gasteiger partial charge is 0.455 e. The first-order valence-corrected chi connectivity index (χ1v) is 12.3. The third-order valence-corrected chi connectivity index (χ3v) is 6.04. The van der Waals surface area contributed by atoms with Crippen molar-refractivity contribution in [3.05, 3.63) is 92.4 Å². The zero-order chi connectivity index (χ0) is 27.9. The molecule has 4 rings (SSSR count). The van der Waals surface area contributed by atoms with E-state index in [9.17, 15) is 18.4 Å². The summed E-state index contributed by atoms with van der Waals surface area (Å²) in [6, 6.07) is 10.1. The van der Waals surface area contributed by atoms with Crippen molar-refractivity contribution in [1.82, 2.24) is 4.98 Å². The average Bonchev–Trinajstić information content (AvgIpc) is 2.83. The maximum atomic E-state index is 14.0. The third kappa shape index (κ3) is 5.44. The third-order valence-electron chi connectivity index (χ3n) is 6.04. The van der Waals surface area contributed by atoms with Gasteiger partial charge >= 0.3 is 5.97 Å². The van der Waals surface area contributed by atoms with Gasteiger partial charge in [-0.05, 0) is 90.4 Å². The molecule has 0 spiro atoms. The molecule has 0 bridgehead atoms. The smallest absolute Gasteiger partial charge is 0.359 e. The lowest BCUT2D eigenvalue weighted by Gasteiger charge is -2.22. The number of nitrogens with zero attached hydrogens (tertiary/aromatic N) is 1. The van der Waals surface area contributed by atoms with Crippen molar-refractivity contribution in [2.24, 2.45) is 0 Å². The number of aryl methyl sites for hydroxylation is 2. The van der Waals surface area contributed by atoms with Crippen LogP contribution < -0.4 is 10.7 Å². The van der Waals surface area contributed by atoms with Crippen LogP contribution in [0.4, 0.5) is 14.5 Å². The second-order valence-electron chi connectivity index (χ2n) is 10.5. The van der Waals surface area contributed by atoms with Gasteiger partial charge in [-0.15, -0.1) is 0 Å². The van der Waals surface area contributed by atoms with Crippen LogP contribution in [0.15, 0.2) is 51.7 Å². The van der Waals surface area contributed by atoms with Gasteiger partial charge in [0.25, 0.3) is 0 Å². The summed E-state index contributed by atoms with van der Waals surface area (Å²) in [7, 11) is 0. The predicted molar refractivity (Wildman–Crippen MR) is 143 cm³/mol. The first kappa shape index (κ1) is 27.0. The van der Waals surface area contributed by atoms with Crippen LogP contribution >= 0.6 is 0 Å². The Morgan fingerprint density at radius 1 is 1.03 bits per heavy atom. The van der Waals surface area contributed by atoms with Crippen molar-refractivity contribution < 1.29 is 22.7 Å². The highest BCUT2D eigenvalue weighted by Gasteiger charge is 2.24. The van der Waals surface area contributed by atoms with Crippen molar-refractivity contribution in [1.29, 1.82) is 0 Å². The summed E-state index contributed by atoms with van der Waals surface area (Å²) in [5.41, 5.74) is 2.63. The van der Waals surface area contributed by atoms with Gasteiger partial charge < -0.3 is 14.5 Å². The number of ether oxygens (including phenoxy) is 1. The molecule has 0 aliphatic rings. The normalized spacial score (nSPS) is 12.4. The number of nitrogens with one attached hydrogen (secondary N) is 1. The van der Waals surface area contributed by atoms with Crippen molar-refractivity contribution >= 4 is 22.6 Å². The number of pyridine rings is 1. The van der Waals surface area contributed by atoms with E-state index in [1.807, 2.05) is 19.9 Å². The van der Waals surface area contributed by atoms with Crippen molar-refractivity contribution in [2.75, 3.05) is 5.32 Å². The molecule has 0 saturated carbocycles. The van der Waals surface area contributed by atoms with Crippen LogP contribution in [-0.4, -0.2) is 16.6 Å². The Balaban J connectivity index is 1.84. The second kappa shape index (κ2) is 10.0. The fourth-order valence-electron chi connectivity index (χ4n) is 4.27. The maximum absolute atomic E-state index is 14.0. The molecular weight excluding hydrogens is 490 g/mol. The summed E-state index contributed by atoms with van der Waals surface area (Å²) in [6.07, 6.45) is 0. The van der Waals surface area contributed by atoms with Crippen LogP contribution in [0.2, 0.25) is 0 Å². The number of halogens is 2. The quantitative estimate of drug-likeness (QED) is 0.281. The van der Waals surface area contributed by atoms with E-state index >= 15 is 0 Å². The predicted octanol–water partition coefficient (Wildman–Crippen LogP) is 7.19. The van der Waals surface area contributed by atoms with E-state index in [1.165, 1.54) is 6.07 Å². The van der Waals surface area contributed by atoms with Crippen LogP contribution in [-0.2, 0) is 4.74 Å². The molecule has 0 fully saturated rings. The minimum atomic E-state index is -1.04. The Morgan fingerprint density at radius 3 is 2.39 bits per heavy atom. The fraction of sp³-hybridized carbons (Fsp3) is 0.300. The maximum Gasteiger partial charge on any atom is 0.359 e. The Bertz CT molecular complexity index is 1620. The molecule has 6 nitrogen and oxygen atoms in total. The van der Waals surface area contributed by atoms with Gasteiger partial charge in [0.1, 0.15) is 16.9 Å². The first-order chi connectivity index (χ1) is 17.7. The van der Waals surface area contributed by atoms with Crippen molar-refractivity contribution in [3.63, 3.8) is 0 Å². The molecule has 0 radical (unpaired) electrons. The number of aromatic nitrogens is 1. The molecule has 8 heteroatoms. The number of fused-ring (bicyclic) bond motifs is 1. The van der Waals surface area contributed by atoms with Gasteiger partial charge in [-0.25, -0.2) is 18.6 Å². The summed E-state index contributed by atoms with van der Waals surface area (Å²) in [6.45, 7) is 12.5. The highest BCUT2D eigenvalue weighted by Crippen LogP contribution is 2.33. The Hall–Kier alpha value is -4.07. The molecule has 1 N–H and O–H groups in total. The standard InChI is InChI=1S/C30H30F2N2O4/c1-15-12-20(18(4)34-24-11-8-16(2)33-25(24)29(36)38-30(5,6)7)28-21(13-15)26(35)17(3)27(37-28)19-9-10-22(31)23(32)14-19/h8-14,18,34H,1-7H3/t18-/m1/s1. The highest BCUT2D eigenvalue weighted by molar-refractivity contribution is 5.94. The zero-order valence-electron chi connectivity index (χ0n) is 22.5. The lowest BCUT2D eigenvalue weighted by Crippen LogP contribution is -2.25. The van der Waals surface area contributed by atoms with Crippen LogP contribution in [0.25, 0.3) is 22.3 Å². The van der Waals surface area contributed by atoms with Crippen molar-refractivity contribution in [3.8, 4) is 11.3 Å². The van der Waals surface area contributed by atoms with Gasteiger partial charge in [0.05, 0.1) is 17.1 Å². The van der Waals surface area contributed by atoms with E-state index in [2.05, 4.69) is 10.3 Å². The molecule has 2 heterocycles. The van der Waals surface area contributed by atoms with Gasteiger partial charge in [-0.1, -0.05) is 6.07 Å². The number of hydrogen-bond donors (Lipinski definition) is 1. The number of rotatable bonds is 5. The van der Waals surface area contributed by atoms with Crippen LogP contribution in [0.3, 0.4) is 0 Å². The van der Waals surface area contributed by atoms with E-state index in [1.54, 1.807) is 52.8 Å². The molecule has 198 valence electrons. The lowest BCUT2D eigenvalue weighted by atomic mass is 9.98. The van der Waals surface area contributed by atoms with Gasteiger partial charge in [-0.3, -0.25) is 4.79 Å². The SMILES string of the molecule is Cc1cc([C@@H](C)Nc2ccc(C)nc2C(=O)OC(C)(C)C)c2oc(-c3ccc(F)c(F)c3)c(C)c(=O)c2c1. The van der Waals surface area contributed by atoms with E-state index in [-0.39, 0.29) is 28.0 Å². The Labute approximate surface area is 219 Å². The Morgan fingerprint density at radius 2 is 1.74 bits per heavy atom. The zero-order valence-corrected chi connectivity index (χ0v) is 22.5. The summed E-state index contributed by atoms with van der Waals surface area (Å²) >= 11 is 0. The minimum Gasteiger partial charge on any atom is -0.455 e. The van der Waals surface area contributed by atoms with Crippen LogP contribution in [0, 0.1) is 32.4 Å². The first-order valence-electron chi connectivity index (χ1n) is 12.3. The molecule has 38 heavy (non-hydrogen) atoms. The molecule has 0 unspecified atom stereocenters. The topological polar surface area (TPSA) is 81.4 Å². The van der Waals surface area contributed by atoms with Gasteiger partial charge in [-0.2, -0.15) is 0 Å². The second-order valence-corrected chi connectivity index (χ2v) is 10.5. The van der Waals surface area contributed by atoms with E-state index in [0.717, 1.165) is 17.7 Å². The van der Waals surface area contributed by atoms with E-state index in [0.29, 0.717) is 27.9 Å². The average molecular weight is 521 g/mol. The summed E-state index contributed by atoms with van der Waals surface area (Å²) in [5.74, 6) is -2.43. The molecule has 0 amide bonds. The molecular formula is C30H30F2N2O4. The number of carbonyl (C=O) groups excluding carboxylic acids is 1. The molecule has 1 atom stereocenters. The molecule has 0 aliphatic carbocycles. The molecule has 2 aromatic heterocycles. The molecule has 4 aromatic rings. The van der Waals surface area contributed by atoms with E-state index < -0.39 is 29.2 Å². The highest BCUT2D eigenvalue weighted by atomic mass is 19.2. The van der Waals surface area contributed by atoms with Crippen LogP contribution in [0.1, 0.15) is 66.6 Å². The molecule has 0 saturated heterocycles. The van der Waals surface area contributed by atoms with E-state index in [4.69, 9.17) is 9.15 Å². The summed E-state index contributed by atoms with van der Waals surface area (Å²) in [5, 5.41) is 3.68.